The zero-order valence-corrected chi connectivity index (χ0v) is 10.2. The maximum Gasteiger partial charge on any atom is 0.573 e. The summed E-state index contributed by atoms with van der Waals surface area (Å²) < 4.78 is 39.7. The van der Waals surface area contributed by atoms with Gasteiger partial charge in [0.2, 0.25) is 11.8 Å². The summed E-state index contributed by atoms with van der Waals surface area (Å²) in [4.78, 5) is 22.2. The number of nitrogens with two attached hydrogens (primary N) is 1. The van der Waals surface area contributed by atoms with Gasteiger partial charge in [-0.15, -0.1) is 13.2 Å². The van der Waals surface area contributed by atoms with E-state index in [-0.39, 0.29) is 18.8 Å². The number of halogens is 3. The topological polar surface area (TPSA) is 93.5 Å². The molecule has 0 aliphatic heterocycles. The molecule has 20 heavy (non-hydrogen) atoms. The quantitative estimate of drug-likeness (QED) is 0.740. The van der Waals surface area contributed by atoms with Crippen LogP contribution in [0.1, 0.15) is 0 Å². The average Bonchev–Trinajstić information content (AvgIpc) is 2.34. The first-order valence-corrected chi connectivity index (χ1v) is 5.42. The Hall–Kier alpha value is -2.29. The van der Waals surface area contributed by atoms with Crippen molar-refractivity contribution < 1.29 is 27.5 Å². The first-order valence-electron chi connectivity index (χ1n) is 5.42. The van der Waals surface area contributed by atoms with Crippen molar-refractivity contribution >= 4 is 17.5 Å². The second-order valence-corrected chi connectivity index (χ2v) is 3.60. The molecule has 0 spiro atoms. The van der Waals surface area contributed by atoms with Gasteiger partial charge in [-0.3, -0.25) is 9.59 Å². The van der Waals surface area contributed by atoms with Crippen molar-refractivity contribution in [3.63, 3.8) is 0 Å². The molecule has 1 aromatic carbocycles. The van der Waals surface area contributed by atoms with Crippen molar-refractivity contribution in [3.8, 4) is 5.75 Å². The lowest BCUT2D eigenvalue weighted by atomic mass is 10.3. The molecule has 0 saturated heterocycles. The number of carbonyl (C=O) groups is 2. The predicted octanol–water partition coefficient (Wildman–Crippen LogP) is 0.599. The lowest BCUT2D eigenvalue weighted by Crippen LogP contribution is -2.36. The molecule has 0 bridgehead atoms. The molecular formula is C11H12F3N3O3. The van der Waals surface area contributed by atoms with Crippen molar-refractivity contribution in [2.45, 2.75) is 6.36 Å². The molecule has 6 nitrogen and oxygen atoms in total. The van der Waals surface area contributed by atoms with Gasteiger partial charge < -0.3 is 21.1 Å². The number of ether oxygens (including phenoxy) is 1. The Morgan fingerprint density at radius 2 is 1.95 bits per heavy atom. The van der Waals surface area contributed by atoms with Crippen LogP contribution in [-0.4, -0.2) is 31.3 Å². The summed E-state index contributed by atoms with van der Waals surface area (Å²) >= 11 is 0. The molecule has 0 aromatic heterocycles. The van der Waals surface area contributed by atoms with E-state index >= 15 is 0 Å². The van der Waals surface area contributed by atoms with Crippen LogP contribution in [0.3, 0.4) is 0 Å². The minimum Gasteiger partial charge on any atom is -0.406 e. The normalized spacial score (nSPS) is 10.8. The van der Waals surface area contributed by atoms with Gasteiger partial charge in [-0.2, -0.15) is 0 Å². The summed E-state index contributed by atoms with van der Waals surface area (Å²) in [5.41, 5.74) is 5.13. The monoisotopic (exact) mass is 291 g/mol. The molecule has 2 amide bonds. The molecule has 1 aromatic rings. The van der Waals surface area contributed by atoms with Gasteiger partial charge in [0.05, 0.1) is 13.1 Å². The van der Waals surface area contributed by atoms with Crippen LogP contribution in [0.2, 0.25) is 0 Å². The first-order chi connectivity index (χ1) is 9.30. The van der Waals surface area contributed by atoms with Crippen LogP contribution in [0.15, 0.2) is 24.3 Å². The standard InChI is InChI=1S/C11H12F3N3O3/c12-11(13,14)20-8-3-1-2-7(4-8)17-10(19)6-16-9(18)5-15/h1-4H,5-6,15H2,(H,16,18)(H,17,19). The largest absolute Gasteiger partial charge is 0.573 e. The fourth-order valence-electron chi connectivity index (χ4n) is 1.23. The number of alkyl halides is 3. The van der Waals surface area contributed by atoms with Gasteiger partial charge in [-0.1, -0.05) is 6.07 Å². The Balaban J connectivity index is 2.57. The summed E-state index contributed by atoms with van der Waals surface area (Å²) in [7, 11) is 0. The summed E-state index contributed by atoms with van der Waals surface area (Å²) in [5, 5.41) is 4.52. The van der Waals surface area contributed by atoms with E-state index in [4.69, 9.17) is 5.73 Å². The Kier molecular flexibility index (Phi) is 5.32. The van der Waals surface area contributed by atoms with Crippen molar-refractivity contribution in [3.05, 3.63) is 24.3 Å². The molecular weight excluding hydrogens is 279 g/mol. The number of carbonyl (C=O) groups excluding carboxylic acids is 2. The number of rotatable bonds is 5. The number of amides is 2. The number of anilines is 1. The number of hydrogen-bond donors (Lipinski definition) is 3. The van der Waals surface area contributed by atoms with E-state index in [1.807, 2.05) is 0 Å². The van der Waals surface area contributed by atoms with Gasteiger partial charge >= 0.3 is 6.36 Å². The van der Waals surface area contributed by atoms with Crippen molar-refractivity contribution in [2.24, 2.45) is 5.73 Å². The third-order valence-electron chi connectivity index (χ3n) is 1.98. The molecule has 0 atom stereocenters. The number of nitrogens with one attached hydrogen (secondary N) is 2. The summed E-state index contributed by atoms with van der Waals surface area (Å²) in [5.74, 6) is -1.58. The van der Waals surface area contributed by atoms with Gasteiger partial charge in [0, 0.05) is 11.8 Å². The number of hydrogen-bond acceptors (Lipinski definition) is 4. The Morgan fingerprint density at radius 3 is 2.55 bits per heavy atom. The fourth-order valence-corrected chi connectivity index (χ4v) is 1.23. The molecule has 0 heterocycles. The lowest BCUT2D eigenvalue weighted by molar-refractivity contribution is -0.274. The highest BCUT2D eigenvalue weighted by Gasteiger charge is 2.31. The van der Waals surface area contributed by atoms with Crippen molar-refractivity contribution in [1.82, 2.24) is 5.32 Å². The van der Waals surface area contributed by atoms with E-state index in [9.17, 15) is 22.8 Å². The maximum absolute atomic E-state index is 12.0. The average molecular weight is 291 g/mol. The van der Waals surface area contributed by atoms with Gasteiger partial charge in [0.15, 0.2) is 0 Å². The van der Waals surface area contributed by atoms with Gasteiger partial charge in [-0.25, -0.2) is 0 Å². The van der Waals surface area contributed by atoms with Crippen LogP contribution in [0, 0.1) is 0 Å². The van der Waals surface area contributed by atoms with Crippen LogP contribution in [-0.2, 0) is 9.59 Å². The van der Waals surface area contributed by atoms with Crippen molar-refractivity contribution in [2.75, 3.05) is 18.4 Å². The highest BCUT2D eigenvalue weighted by molar-refractivity contribution is 5.94. The minimum absolute atomic E-state index is 0.110. The molecule has 1 rings (SSSR count). The van der Waals surface area contributed by atoms with Gasteiger partial charge in [-0.05, 0) is 12.1 Å². The van der Waals surface area contributed by atoms with Crippen LogP contribution in [0.25, 0.3) is 0 Å². The zero-order valence-electron chi connectivity index (χ0n) is 10.2. The smallest absolute Gasteiger partial charge is 0.406 e. The highest BCUT2D eigenvalue weighted by atomic mass is 19.4. The second kappa shape index (κ2) is 6.75. The van der Waals surface area contributed by atoms with Crippen LogP contribution in [0.5, 0.6) is 5.75 Å². The summed E-state index contributed by atoms with van der Waals surface area (Å²) in [6, 6.07) is 4.77. The Bertz CT molecular complexity index is 491. The van der Waals surface area contributed by atoms with Crippen molar-refractivity contribution in [1.29, 1.82) is 0 Å². The van der Waals surface area contributed by atoms with Crippen LogP contribution in [0.4, 0.5) is 18.9 Å². The maximum atomic E-state index is 12.0. The van der Waals surface area contributed by atoms with E-state index in [1.165, 1.54) is 12.1 Å². The van der Waals surface area contributed by atoms with E-state index in [0.29, 0.717) is 0 Å². The summed E-state index contributed by atoms with van der Waals surface area (Å²) in [6.45, 7) is -0.595. The third-order valence-corrected chi connectivity index (χ3v) is 1.98. The molecule has 0 radical (unpaired) electrons. The molecule has 110 valence electrons. The second-order valence-electron chi connectivity index (χ2n) is 3.60. The molecule has 4 N–H and O–H groups in total. The predicted molar refractivity (Wildman–Crippen MR) is 63.8 cm³/mol. The molecule has 0 fully saturated rings. The Morgan fingerprint density at radius 1 is 1.25 bits per heavy atom. The number of benzene rings is 1. The highest BCUT2D eigenvalue weighted by Crippen LogP contribution is 2.24. The Labute approximate surface area is 112 Å². The molecule has 9 heteroatoms. The van der Waals surface area contributed by atoms with E-state index in [2.05, 4.69) is 15.4 Å². The van der Waals surface area contributed by atoms with E-state index in [1.54, 1.807) is 0 Å². The SMILES string of the molecule is NCC(=O)NCC(=O)Nc1cccc(OC(F)(F)F)c1. The zero-order chi connectivity index (χ0) is 15.2. The van der Waals surface area contributed by atoms with E-state index in [0.717, 1.165) is 12.1 Å². The van der Waals surface area contributed by atoms with E-state index < -0.39 is 23.9 Å². The fraction of sp³-hybridized carbons (Fsp3) is 0.273. The molecule has 0 aliphatic carbocycles. The molecule has 0 saturated carbocycles. The van der Waals surface area contributed by atoms with Crippen LogP contribution >= 0.6 is 0 Å². The van der Waals surface area contributed by atoms with Gasteiger partial charge in [0.25, 0.3) is 0 Å². The molecule has 0 aliphatic rings. The van der Waals surface area contributed by atoms with Crippen LogP contribution < -0.4 is 21.1 Å². The molecule has 0 unspecified atom stereocenters. The first kappa shape index (κ1) is 15.8. The minimum atomic E-state index is -4.81. The lowest BCUT2D eigenvalue weighted by Gasteiger charge is -2.11. The van der Waals surface area contributed by atoms with Gasteiger partial charge in [0.1, 0.15) is 5.75 Å². The third kappa shape index (κ3) is 6.05. The summed E-state index contributed by atoms with van der Waals surface area (Å²) in [6.07, 6.45) is -4.81.